The summed E-state index contributed by atoms with van der Waals surface area (Å²) in [6, 6.07) is 14.2. The van der Waals surface area contributed by atoms with Crippen LogP contribution in [0, 0.1) is 0 Å². The smallest absolute Gasteiger partial charge is 0.328 e. The Labute approximate surface area is 151 Å². The van der Waals surface area contributed by atoms with Gasteiger partial charge in [0.1, 0.15) is 6.04 Å². The van der Waals surface area contributed by atoms with Crippen molar-refractivity contribution in [2.75, 3.05) is 19.5 Å². The lowest BCUT2D eigenvalue weighted by molar-refractivity contribution is -0.142. The summed E-state index contributed by atoms with van der Waals surface area (Å²) in [7, 11) is 3.06. The molecule has 3 rings (SSSR count). The summed E-state index contributed by atoms with van der Waals surface area (Å²) in [5, 5.41) is 6.79. The van der Waals surface area contributed by atoms with Crippen LogP contribution < -0.4 is 10.6 Å². The van der Waals surface area contributed by atoms with Crippen LogP contribution in [0.5, 0.6) is 0 Å². The molecule has 26 heavy (non-hydrogen) atoms. The first-order valence-electron chi connectivity index (χ1n) is 8.34. The first kappa shape index (κ1) is 17.5. The van der Waals surface area contributed by atoms with Crippen LogP contribution in [0.15, 0.2) is 54.7 Å². The molecule has 134 valence electrons. The summed E-state index contributed by atoms with van der Waals surface area (Å²) in [4.78, 5) is 28.1. The van der Waals surface area contributed by atoms with Gasteiger partial charge in [0.25, 0.3) is 5.91 Å². The van der Waals surface area contributed by atoms with Gasteiger partial charge >= 0.3 is 5.97 Å². The predicted octanol–water partition coefficient (Wildman–Crippen LogP) is 2.72. The van der Waals surface area contributed by atoms with Gasteiger partial charge < -0.3 is 20.4 Å². The SMILES string of the molecule is CNc1ccccc1C(=O)N[C@@H](Cc1c[nH]c2ccccc12)C(=O)OC. The molecule has 6 nitrogen and oxygen atoms in total. The number of rotatable bonds is 6. The number of nitrogens with one attached hydrogen (secondary N) is 3. The van der Waals surface area contributed by atoms with Gasteiger partial charge in [0.15, 0.2) is 0 Å². The molecule has 0 aliphatic heterocycles. The average Bonchev–Trinajstić information content (AvgIpc) is 3.09. The van der Waals surface area contributed by atoms with E-state index in [1.807, 2.05) is 42.6 Å². The van der Waals surface area contributed by atoms with Crippen molar-refractivity contribution in [3.63, 3.8) is 0 Å². The van der Waals surface area contributed by atoms with Crippen LogP contribution in [0.25, 0.3) is 10.9 Å². The number of carbonyl (C=O) groups is 2. The van der Waals surface area contributed by atoms with Gasteiger partial charge in [-0.05, 0) is 23.8 Å². The zero-order valence-electron chi connectivity index (χ0n) is 14.7. The highest BCUT2D eigenvalue weighted by atomic mass is 16.5. The molecular formula is C20H21N3O3. The molecule has 0 aliphatic carbocycles. The Morgan fingerprint density at radius 2 is 1.85 bits per heavy atom. The molecule has 0 unspecified atom stereocenters. The maximum atomic E-state index is 12.7. The van der Waals surface area contributed by atoms with Crippen LogP contribution in [0.1, 0.15) is 15.9 Å². The summed E-state index contributed by atoms with van der Waals surface area (Å²) < 4.78 is 4.89. The lowest BCUT2D eigenvalue weighted by Gasteiger charge is -2.17. The largest absolute Gasteiger partial charge is 0.467 e. The van der Waals surface area contributed by atoms with E-state index in [-0.39, 0.29) is 5.91 Å². The van der Waals surface area contributed by atoms with Gasteiger partial charge in [-0.25, -0.2) is 4.79 Å². The quantitative estimate of drug-likeness (QED) is 0.596. The van der Waals surface area contributed by atoms with E-state index in [1.165, 1.54) is 7.11 Å². The maximum absolute atomic E-state index is 12.7. The third-order valence-corrected chi connectivity index (χ3v) is 4.33. The molecule has 1 aromatic heterocycles. The van der Waals surface area contributed by atoms with E-state index < -0.39 is 12.0 Å². The van der Waals surface area contributed by atoms with Crippen molar-refractivity contribution in [1.29, 1.82) is 0 Å². The van der Waals surface area contributed by atoms with E-state index in [2.05, 4.69) is 15.6 Å². The van der Waals surface area contributed by atoms with E-state index in [4.69, 9.17) is 4.74 Å². The van der Waals surface area contributed by atoms with Crippen LogP contribution in [-0.4, -0.2) is 37.1 Å². The zero-order valence-corrected chi connectivity index (χ0v) is 14.7. The number of anilines is 1. The number of carbonyl (C=O) groups excluding carboxylic acids is 2. The molecule has 0 saturated carbocycles. The first-order chi connectivity index (χ1) is 12.6. The van der Waals surface area contributed by atoms with Crippen LogP contribution >= 0.6 is 0 Å². The van der Waals surface area contributed by atoms with Crippen LogP contribution in [0.3, 0.4) is 0 Å². The van der Waals surface area contributed by atoms with Crippen LogP contribution in [0.2, 0.25) is 0 Å². The molecular weight excluding hydrogens is 330 g/mol. The Morgan fingerprint density at radius 1 is 1.12 bits per heavy atom. The molecule has 6 heteroatoms. The molecule has 3 aromatic rings. The van der Waals surface area contributed by atoms with Crippen molar-refractivity contribution in [1.82, 2.24) is 10.3 Å². The summed E-state index contributed by atoms with van der Waals surface area (Å²) in [6.07, 6.45) is 2.19. The number of esters is 1. The lowest BCUT2D eigenvalue weighted by atomic mass is 10.0. The number of para-hydroxylation sites is 2. The van der Waals surface area contributed by atoms with Crippen LogP contribution in [0.4, 0.5) is 5.69 Å². The average molecular weight is 351 g/mol. The summed E-state index contributed by atoms with van der Waals surface area (Å²) >= 11 is 0. The molecule has 0 fully saturated rings. The molecule has 2 aromatic carbocycles. The van der Waals surface area contributed by atoms with Gasteiger partial charge in [-0.1, -0.05) is 30.3 Å². The number of H-pyrrole nitrogens is 1. The molecule has 0 radical (unpaired) electrons. The molecule has 0 spiro atoms. The standard InChI is InChI=1S/C20H21N3O3/c1-21-16-9-5-4-8-15(16)19(24)23-18(20(25)26-2)11-13-12-22-17-10-6-3-7-14(13)17/h3-10,12,18,21-22H,11H2,1-2H3,(H,23,24)/t18-/m0/s1. The highest BCUT2D eigenvalue weighted by Gasteiger charge is 2.24. The van der Waals surface area contributed by atoms with E-state index in [9.17, 15) is 9.59 Å². The van der Waals surface area contributed by atoms with Crippen molar-refractivity contribution in [3.05, 3.63) is 65.9 Å². The van der Waals surface area contributed by atoms with E-state index in [0.29, 0.717) is 17.7 Å². The number of methoxy groups -OCH3 is 1. The van der Waals surface area contributed by atoms with E-state index >= 15 is 0 Å². The maximum Gasteiger partial charge on any atom is 0.328 e. The lowest BCUT2D eigenvalue weighted by Crippen LogP contribution is -2.43. The number of aromatic amines is 1. The van der Waals surface area contributed by atoms with Crippen molar-refractivity contribution in [3.8, 4) is 0 Å². The van der Waals surface area contributed by atoms with E-state index in [0.717, 1.165) is 16.5 Å². The number of fused-ring (bicyclic) bond motifs is 1. The number of ether oxygens (including phenoxy) is 1. The molecule has 0 bridgehead atoms. The molecule has 1 amide bonds. The van der Waals surface area contributed by atoms with Crippen molar-refractivity contribution < 1.29 is 14.3 Å². The number of aromatic nitrogens is 1. The Bertz CT molecular complexity index is 933. The topological polar surface area (TPSA) is 83.2 Å². The predicted molar refractivity (Wildman–Crippen MR) is 101 cm³/mol. The van der Waals surface area contributed by atoms with Crippen molar-refractivity contribution in [2.45, 2.75) is 12.5 Å². The normalized spacial score (nSPS) is 11.8. The summed E-state index contributed by atoms with van der Waals surface area (Å²) in [5.74, 6) is -0.809. The third-order valence-electron chi connectivity index (χ3n) is 4.33. The van der Waals surface area contributed by atoms with Gasteiger partial charge in [0.2, 0.25) is 0 Å². The first-order valence-corrected chi connectivity index (χ1v) is 8.34. The van der Waals surface area contributed by atoms with Gasteiger partial charge in [-0.3, -0.25) is 4.79 Å². The Kier molecular flexibility index (Phi) is 5.22. The number of hydrogen-bond donors (Lipinski definition) is 3. The van der Waals surface area contributed by atoms with Crippen molar-refractivity contribution in [2.24, 2.45) is 0 Å². The minimum Gasteiger partial charge on any atom is -0.467 e. The second-order valence-electron chi connectivity index (χ2n) is 5.91. The number of amides is 1. The van der Waals surface area contributed by atoms with Gasteiger partial charge in [0.05, 0.1) is 12.7 Å². The second kappa shape index (κ2) is 7.74. The highest BCUT2D eigenvalue weighted by Crippen LogP contribution is 2.20. The molecule has 0 saturated heterocycles. The number of hydrogen-bond acceptors (Lipinski definition) is 4. The molecule has 3 N–H and O–H groups in total. The fourth-order valence-corrected chi connectivity index (χ4v) is 2.99. The zero-order chi connectivity index (χ0) is 18.5. The minimum absolute atomic E-state index is 0.329. The third kappa shape index (κ3) is 3.54. The monoisotopic (exact) mass is 351 g/mol. The van der Waals surface area contributed by atoms with Gasteiger partial charge in [0, 0.05) is 36.3 Å². The summed E-state index contributed by atoms with van der Waals surface area (Å²) in [6.45, 7) is 0. The van der Waals surface area contributed by atoms with Crippen molar-refractivity contribution >= 4 is 28.5 Å². The minimum atomic E-state index is -0.781. The Hall–Kier alpha value is -3.28. The second-order valence-corrected chi connectivity index (χ2v) is 5.91. The molecule has 0 aliphatic rings. The summed E-state index contributed by atoms with van der Waals surface area (Å²) in [5.41, 5.74) is 3.10. The van der Waals surface area contributed by atoms with E-state index in [1.54, 1.807) is 19.2 Å². The van der Waals surface area contributed by atoms with Crippen LogP contribution in [-0.2, 0) is 16.0 Å². The Morgan fingerprint density at radius 3 is 2.62 bits per heavy atom. The number of benzene rings is 2. The van der Waals surface area contributed by atoms with Gasteiger partial charge in [-0.2, -0.15) is 0 Å². The fourth-order valence-electron chi connectivity index (χ4n) is 2.99. The van der Waals surface area contributed by atoms with Gasteiger partial charge in [-0.15, -0.1) is 0 Å². The molecule has 1 atom stereocenters. The molecule has 1 heterocycles. The highest BCUT2D eigenvalue weighted by molar-refractivity contribution is 6.01. The Balaban J connectivity index is 1.84. The fraction of sp³-hybridized carbons (Fsp3) is 0.200.